The molecule has 2 aromatic carbocycles. The van der Waals surface area contributed by atoms with Gasteiger partial charge in [0.15, 0.2) is 0 Å². The normalized spacial score (nSPS) is 10.2. The van der Waals surface area contributed by atoms with E-state index in [0.717, 1.165) is 9.99 Å². The summed E-state index contributed by atoms with van der Waals surface area (Å²) in [5.41, 5.74) is 3.65. The molecule has 0 amide bonds. The van der Waals surface area contributed by atoms with Crippen molar-refractivity contribution >= 4 is 22.6 Å². The Hall–Kier alpha value is -1.03. The Morgan fingerprint density at radius 1 is 0.800 bits per heavy atom. The first-order chi connectivity index (χ1) is 7.29. The zero-order valence-electron chi connectivity index (χ0n) is 8.15. The third kappa shape index (κ3) is 2.50. The Bertz CT molecular complexity index is 431. The molecule has 0 heterocycles. The van der Waals surface area contributed by atoms with E-state index >= 15 is 0 Å². The number of alkyl halides is 1. The summed E-state index contributed by atoms with van der Waals surface area (Å²) >= 11 is 2.35. The monoisotopic (exact) mass is 310 g/mol. The van der Waals surface area contributed by atoms with E-state index < -0.39 is 0 Å². The van der Waals surface area contributed by atoms with Gasteiger partial charge < -0.3 is 5.11 Å². The van der Waals surface area contributed by atoms with Gasteiger partial charge in [0.25, 0.3) is 0 Å². The van der Waals surface area contributed by atoms with Gasteiger partial charge in [-0.25, -0.2) is 0 Å². The number of rotatable bonds is 2. The van der Waals surface area contributed by atoms with Gasteiger partial charge in [0.05, 0.1) is 0 Å². The SMILES string of the molecule is Oc1ccc(-c2ccc(CI)cc2)cc1. The third-order valence-electron chi connectivity index (χ3n) is 2.31. The zero-order chi connectivity index (χ0) is 10.7. The van der Waals surface area contributed by atoms with Crippen LogP contribution >= 0.6 is 22.6 Å². The summed E-state index contributed by atoms with van der Waals surface area (Å²) in [6, 6.07) is 15.8. The van der Waals surface area contributed by atoms with Crippen molar-refractivity contribution in [2.45, 2.75) is 4.43 Å². The molecule has 0 saturated carbocycles. The molecule has 1 N–H and O–H groups in total. The fourth-order valence-electron chi connectivity index (χ4n) is 1.44. The van der Waals surface area contributed by atoms with Crippen LogP contribution in [0.5, 0.6) is 5.75 Å². The number of phenolic OH excluding ortho intramolecular Hbond substituents is 1. The Kier molecular flexibility index (Phi) is 3.26. The second kappa shape index (κ2) is 4.66. The summed E-state index contributed by atoms with van der Waals surface area (Å²) in [5.74, 6) is 0.308. The highest BCUT2D eigenvalue weighted by molar-refractivity contribution is 14.1. The van der Waals surface area contributed by atoms with E-state index in [1.54, 1.807) is 12.1 Å². The Balaban J connectivity index is 2.33. The number of halogens is 1. The summed E-state index contributed by atoms with van der Waals surface area (Å²) in [7, 11) is 0. The van der Waals surface area contributed by atoms with Crippen LogP contribution in [0.25, 0.3) is 11.1 Å². The summed E-state index contributed by atoms with van der Waals surface area (Å²) < 4.78 is 1.04. The van der Waals surface area contributed by atoms with Crippen molar-refractivity contribution in [1.82, 2.24) is 0 Å². The van der Waals surface area contributed by atoms with Gasteiger partial charge in [0.2, 0.25) is 0 Å². The summed E-state index contributed by atoms with van der Waals surface area (Å²) in [6.45, 7) is 0. The van der Waals surface area contributed by atoms with Gasteiger partial charge in [-0.15, -0.1) is 0 Å². The quantitative estimate of drug-likeness (QED) is 0.657. The predicted octanol–water partition coefficient (Wildman–Crippen LogP) is 3.99. The fraction of sp³-hybridized carbons (Fsp3) is 0.0769. The molecule has 0 atom stereocenters. The number of hydrogen-bond donors (Lipinski definition) is 1. The van der Waals surface area contributed by atoms with Crippen LogP contribution < -0.4 is 0 Å². The molecule has 0 aliphatic carbocycles. The molecule has 0 fully saturated rings. The van der Waals surface area contributed by atoms with E-state index in [1.165, 1.54) is 11.1 Å². The number of phenols is 1. The second-order valence-electron chi connectivity index (χ2n) is 3.38. The summed E-state index contributed by atoms with van der Waals surface area (Å²) in [6.07, 6.45) is 0. The van der Waals surface area contributed by atoms with Crippen molar-refractivity contribution in [3.63, 3.8) is 0 Å². The van der Waals surface area contributed by atoms with Crippen LogP contribution in [0.15, 0.2) is 48.5 Å². The molecule has 2 rings (SSSR count). The number of aromatic hydroxyl groups is 1. The Morgan fingerprint density at radius 3 is 1.73 bits per heavy atom. The predicted molar refractivity (Wildman–Crippen MR) is 71.3 cm³/mol. The third-order valence-corrected chi connectivity index (χ3v) is 3.19. The maximum absolute atomic E-state index is 9.18. The Labute approximate surface area is 103 Å². The highest BCUT2D eigenvalue weighted by Crippen LogP contribution is 2.22. The van der Waals surface area contributed by atoms with Crippen molar-refractivity contribution in [3.05, 3.63) is 54.1 Å². The molecule has 0 aliphatic heterocycles. The van der Waals surface area contributed by atoms with E-state index in [-0.39, 0.29) is 0 Å². The molecule has 2 aromatic rings. The van der Waals surface area contributed by atoms with Crippen molar-refractivity contribution in [3.8, 4) is 16.9 Å². The lowest BCUT2D eigenvalue weighted by Crippen LogP contribution is -1.79. The van der Waals surface area contributed by atoms with Crippen LogP contribution in [0.4, 0.5) is 0 Å². The lowest BCUT2D eigenvalue weighted by molar-refractivity contribution is 0.475. The molecule has 0 aliphatic rings. The molecule has 0 spiro atoms. The largest absolute Gasteiger partial charge is 0.508 e. The van der Waals surface area contributed by atoms with Crippen LogP contribution in [0.1, 0.15) is 5.56 Å². The van der Waals surface area contributed by atoms with E-state index in [9.17, 15) is 5.11 Å². The molecular weight excluding hydrogens is 299 g/mol. The van der Waals surface area contributed by atoms with E-state index in [4.69, 9.17) is 0 Å². The first kappa shape index (κ1) is 10.5. The van der Waals surface area contributed by atoms with E-state index in [2.05, 4.69) is 46.9 Å². The molecular formula is C13H11IO. The zero-order valence-corrected chi connectivity index (χ0v) is 10.3. The minimum absolute atomic E-state index is 0.308. The van der Waals surface area contributed by atoms with Gasteiger partial charge >= 0.3 is 0 Å². The van der Waals surface area contributed by atoms with Gasteiger partial charge in [-0.05, 0) is 28.8 Å². The average Bonchev–Trinajstić information content (AvgIpc) is 2.30. The number of benzene rings is 2. The molecule has 1 nitrogen and oxygen atoms in total. The molecule has 0 unspecified atom stereocenters. The van der Waals surface area contributed by atoms with Gasteiger partial charge in [-0.3, -0.25) is 0 Å². The van der Waals surface area contributed by atoms with Crippen molar-refractivity contribution in [2.24, 2.45) is 0 Å². The van der Waals surface area contributed by atoms with Gasteiger partial charge in [0, 0.05) is 4.43 Å². The van der Waals surface area contributed by atoms with Gasteiger partial charge in [-0.1, -0.05) is 59.0 Å². The van der Waals surface area contributed by atoms with Crippen LogP contribution in [0.3, 0.4) is 0 Å². The first-order valence-electron chi connectivity index (χ1n) is 4.74. The van der Waals surface area contributed by atoms with E-state index in [0.29, 0.717) is 5.75 Å². The number of hydrogen-bond acceptors (Lipinski definition) is 1. The standard InChI is InChI=1S/C13H11IO/c14-9-10-1-3-11(4-2-10)12-5-7-13(15)8-6-12/h1-8,15H,9H2. The topological polar surface area (TPSA) is 20.2 Å². The maximum atomic E-state index is 9.18. The molecule has 0 aromatic heterocycles. The molecule has 0 bridgehead atoms. The summed E-state index contributed by atoms with van der Waals surface area (Å²) in [4.78, 5) is 0. The smallest absolute Gasteiger partial charge is 0.115 e. The van der Waals surface area contributed by atoms with Crippen molar-refractivity contribution in [2.75, 3.05) is 0 Å². The minimum atomic E-state index is 0.308. The fourth-order valence-corrected chi connectivity index (χ4v) is 1.95. The van der Waals surface area contributed by atoms with Crippen LogP contribution in [-0.4, -0.2) is 5.11 Å². The average molecular weight is 310 g/mol. The molecule has 15 heavy (non-hydrogen) atoms. The molecule has 2 heteroatoms. The van der Waals surface area contributed by atoms with Gasteiger partial charge in [-0.2, -0.15) is 0 Å². The summed E-state index contributed by atoms with van der Waals surface area (Å²) in [5, 5.41) is 9.18. The van der Waals surface area contributed by atoms with E-state index in [1.807, 2.05) is 12.1 Å². The lowest BCUT2D eigenvalue weighted by Gasteiger charge is -2.02. The second-order valence-corrected chi connectivity index (χ2v) is 4.14. The highest BCUT2D eigenvalue weighted by atomic mass is 127. The van der Waals surface area contributed by atoms with Crippen LogP contribution in [-0.2, 0) is 4.43 Å². The molecule has 76 valence electrons. The molecule has 0 saturated heterocycles. The first-order valence-corrected chi connectivity index (χ1v) is 6.26. The van der Waals surface area contributed by atoms with Crippen molar-refractivity contribution < 1.29 is 5.11 Å². The highest BCUT2D eigenvalue weighted by Gasteiger charge is 1.97. The maximum Gasteiger partial charge on any atom is 0.115 e. The van der Waals surface area contributed by atoms with Crippen LogP contribution in [0, 0.1) is 0 Å². The minimum Gasteiger partial charge on any atom is -0.508 e. The van der Waals surface area contributed by atoms with Gasteiger partial charge in [0.1, 0.15) is 5.75 Å². The van der Waals surface area contributed by atoms with Crippen molar-refractivity contribution in [1.29, 1.82) is 0 Å². The lowest BCUT2D eigenvalue weighted by atomic mass is 10.0. The Morgan fingerprint density at radius 2 is 1.27 bits per heavy atom. The molecule has 0 radical (unpaired) electrons. The van der Waals surface area contributed by atoms with Crippen LogP contribution in [0.2, 0.25) is 0 Å².